The molecule has 0 unspecified atom stereocenters. The van der Waals surface area contributed by atoms with E-state index >= 15 is 0 Å². The summed E-state index contributed by atoms with van der Waals surface area (Å²) >= 11 is 0. The van der Waals surface area contributed by atoms with Gasteiger partial charge in [0, 0.05) is 18.8 Å². The van der Waals surface area contributed by atoms with E-state index < -0.39 is 0 Å². The highest BCUT2D eigenvalue weighted by atomic mass is 16.2. The molecule has 1 aliphatic carbocycles. The van der Waals surface area contributed by atoms with Gasteiger partial charge in [0.1, 0.15) is 5.82 Å². The molecule has 0 saturated heterocycles. The summed E-state index contributed by atoms with van der Waals surface area (Å²) in [7, 11) is 0. The van der Waals surface area contributed by atoms with Crippen molar-refractivity contribution in [3.8, 4) is 0 Å². The Kier molecular flexibility index (Phi) is 3.61. The second kappa shape index (κ2) is 5.17. The lowest BCUT2D eigenvalue weighted by Gasteiger charge is -2.22. The van der Waals surface area contributed by atoms with Gasteiger partial charge in [-0.2, -0.15) is 0 Å². The number of hydrogen-bond acceptors (Lipinski definition) is 3. The van der Waals surface area contributed by atoms with Crippen LogP contribution in [0.3, 0.4) is 0 Å². The van der Waals surface area contributed by atoms with Gasteiger partial charge in [-0.3, -0.25) is 4.79 Å². The van der Waals surface area contributed by atoms with Crippen LogP contribution in [-0.4, -0.2) is 28.4 Å². The summed E-state index contributed by atoms with van der Waals surface area (Å²) in [6.45, 7) is 2.96. The van der Waals surface area contributed by atoms with E-state index in [1.54, 1.807) is 18.3 Å². The first-order valence-electron chi connectivity index (χ1n) is 6.25. The number of anilines is 1. The third-order valence-electron chi connectivity index (χ3n) is 3.07. The number of carbonyl (C=O) groups excluding carboxylic acids is 1. The monoisotopic (exact) mass is 233 g/mol. The van der Waals surface area contributed by atoms with Crippen LogP contribution >= 0.6 is 0 Å². The molecule has 92 valence electrons. The van der Waals surface area contributed by atoms with Crippen LogP contribution in [0.2, 0.25) is 0 Å². The van der Waals surface area contributed by atoms with Crippen LogP contribution in [0.25, 0.3) is 0 Å². The Morgan fingerprint density at radius 3 is 2.94 bits per heavy atom. The SMILES string of the molecule is CCCCN(C(=O)c1cccnc1N)C1CC1. The van der Waals surface area contributed by atoms with E-state index in [9.17, 15) is 4.79 Å². The van der Waals surface area contributed by atoms with Gasteiger partial charge in [0.25, 0.3) is 5.91 Å². The lowest BCUT2D eigenvalue weighted by molar-refractivity contribution is 0.0741. The summed E-state index contributed by atoms with van der Waals surface area (Å²) in [5.41, 5.74) is 6.29. The van der Waals surface area contributed by atoms with Gasteiger partial charge in [0.15, 0.2) is 0 Å². The zero-order valence-corrected chi connectivity index (χ0v) is 10.2. The molecule has 4 nitrogen and oxygen atoms in total. The van der Waals surface area contributed by atoms with E-state index in [0.717, 1.165) is 32.2 Å². The second-order valence-electron chi connectivity index (χ2n) is 4.52. The van der Waals surface area contributed by atoms with Gasteiger partial charge in [-0.15, -0.1) is 0 Å². The minimum absolute atomic E-state index is 0.0338. The predicted molar refractivity (Wildman–Crippen MR) is 67.6 cm³/mol. The Labute approximate surface area is 102 Å². The number of aromatic nitrogens is 1. The number of pyridine rings is 1. The molecule has 1 amide bonds. The molecule has 0 bridgehead atoms. The van der Waals surface area contributed by atoms with Crippen LogP contribution in [0.4, 0.5) is 5.82 Å². The van der Waals surface area contributed by atoms with Gasteiger partial charge >= 0.3 is 0 Å². The number of nitrogen functional groups attached to an aromatic ring is 1. The molecule has 4 heteroatoms. The Hall–Kier alpha value is -1.58. The fourth-order valence-corrected chi connectivity index (χ4v) is 1.92. The van der Waals surface area contributed by atoms with Gasteiger partial charge < -0.3 is 10.6 Å². The molecule has 1 saturated carbocycles. The summed E-state index contributed by atoms with van der Waals surface area (Å²) in [5, 5.41) is 0. The summed E-state index contributed by atoms with van der Waals surface area (Å²) in [6, 6.07) is 3.94. The average molecular weight is 233 g/mol. The first-order valence-corrected chi connectivity index (χ1v) is 6.25. The van der Waals surface area contributed by atoms with Crippen molar-refractivity contribution >= 4 is 11.7 Å². The number of unbranched alkanes of at least 4 members (excludes halogenated alkanes) is 1. The number of hydrogen-bond donors (Lipinski definition) is 1. The van der Waals surface area contributed by atoms with E-state index in [0.29, 0.717) is 17.4 Å². The third-order valence-corrected chi connectivity index (χ3v) is 3.07. The van der Waals surface area contributed by atoms with E-state index in [1.807, 2.05) is 4.90 Å². The standard InChI is InChI=1S/C13H19N3O/c1-2-3-9-16(10-6-7-10)13(17)11-5-4-8-15-12(11)14/h4-5,8,10H,2-3,6-7,9H2,1H3,(H2,14,15). The predicted octanol–water partition coefficient (Wildman–Crippen LogP) is 2.07. The Morgan fingerprint density at radius 2 is 2.35 bits per heavy atom. The highest BCUT2D eigenvalue weighted by molar-refractivity contribution is 5.98. The molecule has 1 aromatic heterocycles. The van der Waals surface area contributed by atoms with Crippen LogP contribution in [0.15, 0.2) is 18.3 Å². The Balaban J connectivity index is 2.13. The average Bonchev–Trinajstić information content (AvgIpc) is 3.14. The summed E-state index contributed by atoms with van der Waals surface area (Å²) < 4.78 is 0. The summed E-state index contributed by atoms with van der Waals surface area (Å²) in [4.78, 5) is 18.3. The molecule has 1 aliphatic rings. The molecule has 1 fully saturated rings. The van der Waals surface area contributed by atoms with E-state index in [1.165, 1.54) is 0 Å². The molecule has 1 heterocycles. The molecule has 0 atom stereocenters. The van der Waals surface area contributed by atoms with Crippen molar-refractivity contribution in [2.75, 3.05) is 12.3 Å². The number of amides is 1. The van der Waals surface area contributed by atoms with Crippen molar-refractivity contribution in [1.82, 2.24) is 9.88 Å². The number of rotatable bonds is 5. The molecule has 1 aromatic rings. The fraction of sp³-hybridized carbons (Fsp3) is 0.538. The van der Waals surface area contributed by atoms with Crippen LogP contribution in [-0.2, 0) is 0 Å². The van der Waals surface area contributed by atoms with Crippen molar-refractivity contribution in [1.29, 1.82) is 0 Å². The van der Waals surface area contributed by atoms with Gasteiger partial charge in [0.2, 0.25) is 0 Å². The van der Waals surface area contributed by atoms with Crippen LogP contribution in [0, 0.1) is 0 Å². The molecule has 0 aliphatic heterocycles. The quantitative estimate of drug-likeness (QED) is 0.847. The molecule has 2 rings (SSSR count). The lowest BCUT2D eigenvalue weighted by Crippen LogP contribution is -2.34. The minimum atomic E-state index is 0.0338. The zero-order chi connectivity index (χ0) is 12.3. The fourth-order valence-electron chi connectivity index (χ4n) is 1.92. The third kappa shape index (κ3) is 2.75. The van der Waals surface area contributed by atoms with Gasteiger partial charge in [-0.25, -0.2) is 4.98 Å². The molecular formula is C13H19N3O. The summed E-state index contributed by atoms with van der Waals surface area (Å²) in [6.07, 6.45) is 5.99. The van der Waals surface area contributed by atoms with E-state index in [-0.39, 0.29) is 5.91 Å². The topological polar surface area (TPSA) is 59.2 Å². The van der Waals surface area contributed by atoms with Crippen molar-refractivity contribution in [3.63, 3.8) is 0 Å². The Bertz CT molecular complexity index is 401. The van der Waals surface area contributed by atoms with Gasteiger partial charge in [0.05, 0.1) is 5.56 Å². The first-order chi connectivity index (χ1) is 8.24. The number of carbonyl (C=O) groups is 1. The van der Waals surface area contributed by atoms with Gasteiger partial charge in [-0.1, -0.05) is 13.3 Å². The van der Waals surface area contributed by atoms with Crippen molar-refractivity contribution in [3.05, 3.63) is 23.9 Å². The number of nitrogens with zero attached hydrogens (tertiary/aromatic N) is 2. The second-order valence-corrected chi connectivity index (χ2v) is 4.52. The molecule has 17 heavy (non-hydrogen) atoms. The molecular weight excluding hydrogens is 214 g/mol. The normalized spacial score (nSPS) is 14.6. The van der Waals surface area contributed by atoms with E-state index in [4.69, 9.17) is 5.73 Å². The zero-order valence-electron chi connectivity index (χ0n) is 10.2. The molecule has 0 aromatic carbocycles. The van der Waals surface area contributed by atoms with Gasteiger partial charge in [-0.05, 0) is 31.4 Å². The van der Waals surface area contributed by atoms with Crippen molar-refractivity contribution < 1.29 is 4.79 Å². The largest absolute Gasteiger partial charge is 0.383 e. The maximum atomic E-state index is 12.4. The minimum Gasteiger partial charge on any atom is -0.383 e. The van der Waals surface area contributed by atoms with E-state index in [2.05, 4.69) is 11.9 Å². The highest BCUT2D eigenvalue weighted by Gasteiger charge is 2.33. The first kappa shape index (κ1) is 11.9. The summed E-state index contributed by atoms with van der Waals surface area (Å²) in [5.74, 6) is 0.367. The molecule has 0 spiro atoms. The maximum Gasteiger partial charge on any atom is 0.257 e. The smallest absolute Gasteiger partial charge is 0.257 e. The van der Waals surface area contributed by atoms with Crippen molar-refractivity contribution in [2.24, 2.45) is 0 Å². The number of nitrogens with two attached hydrogens (primary N) is 1. The highest BCUT2D eigenvalue weighted by Crippen LogP contribution is 2.29. The lowest BCUT2D eigenvalue weighted by atomic mass is 10.2. The Morgan fingerprint density at radius 1 is 1.59 bits per heavy atom. The van der Waals surface area contributed by atoms with Crippen molar-refractivity contribution in [2.45, 2.75) is 38.6 Å². The van der Waals surface area contributed by atoms with Crippen LogP contribution in [0.5, 0.6) is 0 Å². The molecule has 2 N–H and O–H groups in total. The molecule has 0 radical (unpaired) electrons. The maximum absolute atomic E-state index is 12.4. The van der Waals surface area contributed by atoms with Crippen LogP contribution in [0.1, 0.15) is 43.0 Å². The van der Waals surface area contributed by atoms with Crippen LogP contribution < -0.4 is 5.73 Å².